The van der Waals surface area contributed by atoms with Gasteiger partial charge in [0.2, 0.25) is 0 Å². The molecule has 2 heterocycles. The molecule has 8 heteroatoms. The molecule has 3 rings (SSSR count). The van der Waals surface area contributed by atoms with Crippen molar-refractivity contribution in [2.45, 2.75) is 32.0 Å². The summed E-state index contributed by atoms with van der Waals surface area (Å²) in [6.07, 6.45) is -1.08. The Balaban J connectivity index is 1.73. The van der Waals surface area contributed by atoms with Crippen molar-refractivity contribution in [3.8, 4) is 0 Å². The lowest BCUT2D eigenvalue weighted by atomic mass is 9.85. The van der Waals surface area contributed by atoms with E-state index in [1.165, 1.54) is 18.3 Å². The molecule has 0 saturated carbocycles. The maximum Gasteiger partial charge on any atom is 0.416 e. The predicted molar refractivity (Wildman–Crippen MR) is 97.8 cm³/mol. The van der Waals surface area contributed by atoms with Crippen molar-refractivity contribution in [3.05, 3.63) is 52.8 Å². The van der Waals surface area contributed by atoms with Crippen LogP contribution in [0.4, 0.5) is 13.2 Å². The number of piperidine rings is 1. The van der Waals surface area contributed by atoms with Gasteiger partial charge in [0.25, 0.3) is 0 Å². The van der Waals surface area contributed by atoms with Crippen LogP contribution in [0.15, 0.2) is 30.5 Å². The number of hydrogen-bond acceptors (Lipinski definition) is 4. The highest BCUT2D eigenvalue weighted by molar-refractivity contribution is 5.90. The average Bonchev–Trinajstić information content (AvgIpc) is 2.98. The molecule has 1 aromatic carbocycles. The molecular weight excluding hydrogens is 371 g/mol. The van der Waals surface area contributed by atoms with E-state index in [9.17, 15) is 18.0 Å². The largest absolute Gasteiger partial charge is 0.462 e. The summed E-state index contributed by atoms with van der Waals surface area (Å²) >= 11 is 0. The Hall–Kier alpha value is -2.35. The highest BCUT2D eigenvalue weighted by Crippen LogP contribution is 2.37. The first-order chi connectivity index (χ1) is 13.2. The average molecular weight is 395 g/mol. The Kier molecular flexibility index (Phi) is 5.79. The summed E-state index contributed by atoms with van der Waals surface area (Å²) in [5.41, 5.74) is 1.29. The first-order valence-electron chi connectivity index (χ1n) is 9.21. The van der Waals surface area contributed by atoms with Gasteiger partial charge >= 0.3 is 12.1 Å². The van der Waals surface area contributed by atoms with Crippen LogP contribution in [-0.4, -0.2) is 40.8 Å². The van der Waals surface area contributed by atoms with Gasteiger partial charge in [-0.15, -0.1) is 0 Å². The molecule has 0 bridgehead atoms. The minimum atomic E-state index is -4.35. The monoisotopic (exact) mass is 395 g/mol. The summed E-state index contributed by atoms with van der Waals surface area (Å²) in [6.45, 7) is 2.85. The number of nitrogens with zero attached hydrogens (tertiary/aromatic N) is 3. The van der Waals surface area contributed by atoms with Crippen LogP contribution in [-0.2, 0) is 18.0 Å². The normalized spacial score (nSPS) is 20.9. The number of carbonyl (C=O) groups is 1. The lowest BCUT2D eigenvalue weighted by molar-refractivity contribution is -0.137. The smallest absolute Gasteiger partial charge is 0.416 e. The SMILES string of the molecule is Cc1c(C(=O)OC[C@@H]2CCCN(C)[C@@H]2c2ccc(C(F)(F)F)cc2)cnn1C. The van der Waals surface area contributed by atoms with Gasteiger partial charge in [-0.1, -0.05) is 12.1 Å². The molecule has 1 fully saturated rings. The minimum absolute atomic E-state index is 0.0106. The summed E-state index contributed by atoms with van der Waals surface area (Å²) in [5.74, 6) is -0.415. The number of carbonyl (C=O) groups excluding carboxylic acids is 1. The molecular formula is C20H24F3N3O2. The van der Waals surface area contributed by atoms with Crippen LogP contribution in [0.3, 0.4) is 0 Å². The van der Waals surface area contributed by atoms with Gasteiger partial charge in [-0.2, -0.15) is 18.3 Å². The van der Waals surface area contributed by atoms with E-state index in [0.717, 1.165) is 42.8 Å². The number of aryl methyl sites for hydroxylation is 1. The number of hydrogen-bond donors (Lipinski definition) is 0. The van der Waals surface area contributed by atoms with Crippen molar-refractivity contribution in [1.82, 2.24) is 14.7 Å². The Morgan fingerprint density at radius 1 is 1.25 bits per heavy atom. The number of ether oxygens (including phenoxy) is 1. The molecule has 5 nitrogen and oxygen atoms in total. The first kappa shape index (κ1) is 20.4. The molecule has 1 saturated heterocycles. The highest BCUT2D eigenvalue weighted by Gasteiger charge is 2.34. The fraction of sp³-hybridized carbons (Fsp3) is 0.500. The zero-order valence-corrected chi connectivity index (χ0v) is 16.2. The molecule has 1 aliphatic rings. The predicted octanol–water partition coefficient (Wildman–Crippen LogP) is 3.99. The molecule has 0 N–H and O–H groups in total. The molecule has 0 unspecified atom stereocenters. The minimum Gasteiger partial charge on any atom is -0.462 e. The number of benzene rings is 1. The maximum atomic E-state index is 12.8. The van der Waals surface area contributed by atoms with Crippen molar-refractivity contribution in [2.75, 3.05) is 20.2 Å². The zero-order chi connectivity index (χ0) is 20.5. The fourth-order valence-electron chi connectivity index (χ4n) is 3.79. The number of likely N-dealkylation sites (tertiary alicyclic amines) is 1. The second kappa shape index (κ2) is 7.95. The van der Waals surface area contributed by atoms with Gasteiger partial charge in [0.05, 0.1) is 18.4 Å². The van der Waals surface area contributed by atoms with Gasteiger partial charge in [0, 0.05) is 24.7 Å². The Morgan fingerprint density at radius 3 is 2.50 bits per heavy atom. The van der Waals surface area contributed by atoms with E-state index in [2.05, 4.69) is 10.00 Å². The third-order valence-electron chi connectivity index (χ3n) is 5.47. The molecule has 152 valence electrons. The van der Waals surface area contributed by atoms with E-state index in [1.807, 2.05) is 7.05 Å². The molecule has 0 radical (unpaired) electrons. The van der Waals surface area contributed by atoms with E-state index in [4.69, 9.17) is 4.74 Å². The quantitative estimate of drug-likeness (QED) is 0.735. The number of halogens is 3. The van der Waals surface area contributed by atoms with Crippen molar-refractivity contribution >= 4 is 5.97 Å². The second-order valence-corrected chi connectivity index (χ2v) is 7.31. The lowest BCUT2D eigenvalue weighted by Crippen LogP contribution is -2.38. The fourth-order valence-corrected chi connectivity index (χ4v) is 3.79. The maximum absolute atomic E-state index is 12.8. The van der Waals surface area contributed by atoms with E-state index >= 15 is 0 Å². The topological polar surface area (TPSA) is 47.4 Å². The summed E-state index contributed by atoms with van der Waals surface area (Å²) in [4.78, 5) is 14.5. The Labute approximate surface area is 162 Å². The van der Waals surface area contributed by atoms with Crippen LogP contribution in [0.25, 0.3) is 0 Å². The first-order valence-corrected chi connectivity index (χ1v) is 9.21. The van der Waals surface area contributed by atoms with Gasteiger partial charge in [-0.3, -0.25) is 9.58 Å². The molecule has 2 atom stereocenters. The lowest BCUT2D eigenvalue weighted by Gasteiger charge is -2.39. The molecule has 1 aliphatic heterocycles. The van der Waals surface area contributed by atoms with Gasteiger partial charge in [0.15, 0.2) is 0 Å². The molecule has 0 amide bonds. The van der Waals surface area contributed by atoms with Crippen LogP contribution < -0.4 is 0 Å². The molecule has 0 spiro atoms. The van der Waals surface area contributed by atoms with E-state index in [-0.39, 0.29) is 18.6 Å². The third-order valence-corrected chi connectivity index (χ3v) is 5.47. The van der Waals surface area contributed by atoms with Crippen LogP contribution in [0, 0.1) is 12.8 Å². The van der Waals surface area contributed by atoms with Crippen LogP contribution in [0.2, 0.25) is 0 Å². The van der Waals surface area contributed by atoms with Gasteiger partial charge in [-0.25, -0.2) is 4.79 Å². The van der Waals surface area contributed by atoms with E-state index in [1.54, 1.807) is 18.7 Å². The standard InChI is InChI=1S/C20H24F3N3O2/c1-13-17(11-24-26(13)3)19(27)28-12-15-5-4-10-25(2)18(15)14-6-8-16(9-7-14)20(21,22)23/h6-9,11,15,18H,4-5,10,12H2,1-3H3/t15-,18+/m0/s1. The van der Waals surface area contributed by atoms with Crippen molar-refractivity contribution < 1.29 is 22.7 Å². The van der Waals surface area contributed by atoms with Crippen LogP contribution >= 0.6 is 0 Å². The number of esters is 1. The highest BCUT2D eigenvalue weighted by atomic mass is 19.4. The summed E-state index contributed by atoms with van der Waals surface area (Å²) in [6, 6.07) is 5.17. The molecule has 2 aromatic rings. The number of rotatable bonds is 4. The van der Waals surface area contributed by atoms with Gasteiger partial charge < -0.3 is 4.74 Å². The Morgan fingerprint density at radius 2 is 1.93 bits per heavy atom. The molecule has 0 aliphatic carbocycles. The molecule has 1 aromatic heterocycles. The van der Waals surface area contributed by atoms with Gasteiger partial charge in [-0.05, 0) is 51.1 Å². The number of alkyl halides is 3. The second-order valence-electron chi connectivity index (χ2n) is 7.31. The summed E-state index contributed by atoms with van der Waals surface area (Å²) in [5, 5.41) is 4.05. The Bertz CT molecular complexity index is 830. The van der Waals surface area contributed by atoms with Crippen molar-refractivity contribution in [2.24, 2.45) is 13.0 Å². The van der Waals surface area contributed by atoms with Crippen LogP contribution in [0.1, 0.15) is 46.1 Å². The zero-order valence-electron chi connectivity index (χ0n) is 16.2. The van der Waals surface area contributed by atoms with Crippen molar-refractivity contribution in [3.63, 3.8) is 0 Å². The van der Waals surface area contributed by atoms with Crippen molar-refractivity contribution in [1.29, 1.82) is 0 Å². The van der Waals surface area contributed by atoms with E-state index < -0.39 is 17.7 Å². The summed E-state index contributed by atoms with van der Waals surface area (Å²) in [7, 11) is 3.70. The summed E-state index contributed by atoms with van der Waals surface area (Å²) < 4.78 is 45.7. The third kappa shape index (κ3) is 4.22. The van der Waals surface area contributed by atoms with Crippen LogP contribution in [0.5, 0.6) is 0 Å². The molecule has 28 heavy (non-hydrogen) atoms. The number of aromatic nitrogens is 2. The van der Waals surface area contributed by atoms with E-state index in [0.29, 0.717) is 5.56 Å². The van der Waals surface area contributed by atoms with Gasteiger partial charge in [0.1, 0.15) is 5.56 Å².